The minimum absolute atomic E-state index is 0.0489. The topological polar surface area (TPSA) is 88.3 Å². The average Bonchev–Trinajstić information content (AvgIpc) is 3.08. The molecule has 0 saturated carbocycles. The number of hydrogen-bond donors (Lipinski definition) is 1. The molecule has 0 spiro atoms. The Kier molecular flexibility index (Phi) is 5.65. The number of rotatable bonds is 5. The van der Waals surface area contributed by atoms with Crippen molar-refractivity contribution in [1.29, 1.82) is 0 Å². The van der Waals surface area contributed by atoms with Crippen LogP contribution in [0.5, 0.6) is 0 Å². The number of benzene rings is 1. The van der Waals surface area contributed by atoms with Crippen molar-refractivity contribution in [3.05, 3.63) is 47.6 Å². The molecule has 138 valence electrons. The van der Waals surface area contributed by atoms with E-state index in [-0.39, 0.29) is 30.2 Å². The van der Waals surface area contributed by atoms with E-state index in [2.05, 4.69) is 15.5 Å². The smallest absolute Gasteiger partial charge is 0.229 e. The van der Waals surface area contributed by atoms with Crippen LogP contribution in [-0.2, 0) is 9.59 Å². The number of carbonyl (C=O) groups excluding carboxylic acids is 2. The van der Waals surface area contributed by atoms with Crippen molar-refractivity contribution in [2.24, 2.45) is 0 Å². The summed E-state index contributed by atoms with van der Waals surface area (Å²) in [6.45, 7) is 4.59. The Bertz CT molecular complexity index is 751. The van der Waals surface area contributed by atoms with Crippen molar-refractivity contribution in [2.45, 2.75) is 45.1 Å². The van der Waals surface area contributed by atoms with Crippen molar-refractivity contribution in [3.8, 4) is 0 Å². The zero-order valence-electron chi connectivity index (χ0n) is 15.1. The van der Waals surface area contributed by atoms with Crippen LogP contribution in [0.4, 0.5) is 0 Å². The third-order valence-electron chi connectivity index (χ3n) is 4.70. The number of nitrogens with zero attached hydrogens (tertiary/aromatic N) is 3. The standard InChI is InChI=1S/C19H24N4O3/c1-13-20-19(26-22-13)16-8-10-23(11-9-16)18(25)12-17(21-14(2)24)15-6-4-3-5-7-15/h3-7,16-17H,8-12H2,1-2H3,(H,21,24). The lowest BCUT2D eigenvalue weighted by Crippen LogP contribution is -2.40. The van der Waals surface area contributed by atoms with Gasteiger partial charge in [-0.3, -0.25) is 9.59 Å². The number of nitrogens with one attached hydrogen (secondary N) is 1. The highest BCUT2D eigenvalue weighted by molar-refractivity contribution is 5.79. The fourth-order valence-electron chi connectivity index (χ4n) is 3.34. The molecule has 2 aromatic rings. The van der Waals surface area contributed by atoms with Crippen LogP contribution in [0.25, 0.3) is 0 Å². The van der Waals surface area contributed by atoms with E-state index in [9.17, 15) is 9.59 Å². The fourth-order valence-corrected chi connectivity index (χ4v) is 3.34. The van der Waals surface area contributed by atoms with Crippen LogP contribution in [-0.4, -0.2) is 39.9 Å². The largest absolute Gasteiger partial charge is 0.349 e. The molecule has 3 rings (SSSR count). The highest BCUT2D eigenvalue weighted by Gasteiger charge is 2.28. The number of amides is 2. The molecule has 7 heteroatoms. The zero-order chi connectivity index (χ0) is 18.5. The molecule has 0 bridgehead atoms. The van der Waals surface area contributed by atoms with Gasteiger partial charge in [0.2, 0.25) is 17.7 Å². The number of hydrogen-bond acceptors (Lipinski definition) is 5. The Morgan fingerprint density at radius 3 is 2.54 bits per heavy atom. The first-order valence-electron chi connectivity index (χ1n) is 8.93. The van der Waals surface area contributed by atoms with Crippen LogP contribution < -0.4 is 5.32 Å². The molecule has 1 aliphatic heterocycles. The fraction of sp³-hybridized carbons (Fsp3) is 0.474. The zero-order valence-corrected chi connectivity index (χ0v) is 15.1. The van der Waals surface area contributed by atoms with Gasteiger partial charge in [0.25, 0.3) is 0 Å². The third-order valence-corrected chi connectivity index (χ3v) is 4.70. The maximum atomic E-state index is 12.7. The SMILES string of the molecule is CC(=O)NC(CC(=O)N1CCC(c2nc(C)no2)CC1)c1ccccc1. The van der Waals surface area contributed by atoms with Gasteiger partial charge in [0, 0.05) is 25.9 Å². The molecule has 0 radical (unpaired) electrons. The second kappa shape index (κ2) is 8.12. The quantitative estimate of drug-likeness (QED) is 0.888. The van der Waals surface area contributed by atoms with Crippen molar-refractivity contribution >= 4 is 11.8 Å². The number of carbonyl (C=O) groups is 2. The molecule has 1 unspecified atom stereocenters. The van der Waals surface area contributed by atoms with Crippen molar-refractivity contribution in [1.82, 2.24) is 20.4 Å². The summed E-state index contributed by atoms with van der Waals surface area (Å²) in [6.07, 6.45) is 1.88. The van der Waals surface area contributed by atoms with Crippen LogP contribution >= 0.6 is 0 Å². The molecular weight excluding hydrogens is 332 g/mol. The van der Waals surface area contributed by atoms with Gasteiger partial charge in [-0.15, -0.1) is 0 Å². The van der Waals surface area contributed by atoms with Gasteiger partial charge in [0.05, 0.1) is 12.5 Å². The molecule has 26 heavy (non-hydrogen) atoms. The first-order chi connectivity index (χ1) is 12.5. The lowest BCUT2D eigenvalue weighted by Gasteiger charge is -2.31. The van der Waals surface area contributed by atoms with Gasteiger partial charge in [0.1, 0.15) is 0 Å². The van der Waals surface area contributed by atoms with Gasteiger partial charge >= 0.3 is 0 Å². The van der Waals surface area contributed by atoms with E-state index in [1.165, 1.54) is 6.92 Å². The normalized spacial score (nSPS) is 16.3. The molecule has 1 N–H and O–H groups in total. The lowest BCUT2D eigenvalue weighted by molar-refractivity contribution is -0.133. The summed E-state index contributed by atoms with van der Waals surface area (Å²) in [5.41, 5.74) is 0.937. The lowest BCUT2D eigenvalue weighted by atomic mass is 9.95. The summed E-state index contributed by atoms with van der Waals surface area (Å²) < 4.78 is 5.25. The van der Waals surface area contributed by atoms with Gasteiger partial charge in [-0.05, 0) is 25.3 Å². The summed E-state index contributed by atoms with van der Waals surface area (Å²) in [5.74, 6) is 1.42. The molecule has 1 aromatic carbocycles. The predicted octanol–water partition coefficient (Wildman–Crippen LogP) is 2.35. The molecule has 1 atom stereocenters. The van der Waals surface area contributed by atoms with Crippen LogP contribution in [0.1, 0.15) is 55.4 Å². The molecule has 2 heterocycles. The summed E-state index contributed by atoms with van der Waals surface area (Å²) in [7, 11) is 0. The monoisotopic (exact) mass is 356 g/mol. The van der Waals surface area contributed by atoms with Crippen LogP contribution in [0.3, 0.4) is 0 Å². The van der Waals surface area contributed by atoms with Crippen molar-refractivity contribution in [2.75, 3.05) is 13.1 Å². The van der Waals surface area contributed by atoms with Crippen molar-refractivity contribution in [3.63, 3.8) is 0 Å². The summed E-state index contributed by atoms with van der Waals surface area (Å²) in [5, 5.41) is 6.72. The van der Waals surface area contributed by atoms with Gasteiger partial charge in [-0.25, -0.2) is 0 Å². The minimum atomic E-state index is -0.308. The molecule has 1 aliphatic rings. The van der Waals surface area contributed by atoms with Crippen LogP contribution in [0.2, 0.25) is 0 Å². The predicted molar refractivity (Wildman–Crippen MR) is 95.2 cm³/mol. The highest BCUT2D eigenvalue weighted by Crippen LogP contribution is 2.28. The first kappa shape index (κ1) is 18.1. The summed E-state index contributed by atoms with van der Waals surface area (Å²) >= 11 is 0. The minimum Gasteiger partial charge on any atom is -0.349 e. The van der Waals surface area contributed by atoms with Gasteiger partial charge < -0.3 is 14.7 Å². The first-order valence-corrected chi connectivity index (χ1v) is 8.93. The average molecular weight is 356 g/mol. The van der Waals surface area contributed by atoms with E-state index in [0.717, 1.165) is 18.4 Å². The Morgan fingerprint density at radius 2 is 1.96 bits per heavy atom. The van der Waals surface area contributed by atoms with E-state index >= 15 is 0 Å². The van der Waals surface area contributed by atoms with E-state index < -0.39 is 0 Å². The van der Waals surface area contributed by atoms with Crippen molar-refractivity contribution < 1.29 is 14.1 Å². The van der Waals surface area contributed by atoms with Gasteiger partial charge in [-0.2, -0.15) is 4.98 Å². The molecule has 1 fully saturated rings. The van der Waals surface area contributed by atoms with Crippen LogP contribution in [0.15, 0.2) is 34.9 Å². The number of likely N-dealkylation sites (tertiary alicyclic amines) is 1. The van der Waals surface area contributed by atoms with E-state index in [1.807, 2.05) is 35.2 Å². The summed E-state index contributed by atoms with van der Waals surface area (Å²) in [6, 6.07) is 9.28. The maximum Gasteiger partial charge on any atom is 0.229 e. The Balaban J connectivity index is 1.59. The van der Waals surface area contributed by atoms with Crippen LogP contribution in [0, 0.1) is 6.92 Å². The van der Waals surface area contributed by atoms with Gasteiger partial charge in [0.15, 0.2) is 5.82 Å². The molecular formula is C19H24N4O3. The molecule has 1 saturated heterocycles. The second-order valence-electron chi connectivity index (χ2n) is 6.70. The maximum absolute atomic E-state index is 12.7. The second-order valence-corrected chi connectivity index (χ2v) is 6.70. The number of aryl methyl sites for hydroxylation is 1. The third kappa shape index (κ3) is 4.47. The van der Waals surface area contributed by atoms with E-state index in [4.69, 9.17) is 4.52 Å². The number of aromatic nitrogens is 2. The highest BCUT2D eigenvalue weighted by atomic mass is 16.5. The molecule has 1 aromatic heterocycles. The number of piperidine rings is 1. The van der Waals surface area contributed by atoms with E-state index in [1.54, 1.807) is 6.92 Å². The van der Waals surface area contributed by atoms with E-state index in [0.29, 0.717) is 24.8 Å². The summed E-state index contributed by atoms with van der Waals surface area (Å²) in [4.78, 5) is 30.4. The Hall–Kier alpha value is -2.70. The molecule has 2 amide bonds. The van der Waals surface area contributed by atoms with Gasteiger partial charge in [-0.1, -0.05) is 35.5 Å². The molecule has 0 aliphatic carbocycles. The Morgan fingerprint density at radius 1 is 1.27 bits per heavy atom. The molecule has 7 nitrogen and oxygen atoms in total. The Labute approximate surface area is 152 Å².